The molecule has 1 fully saturated rings. The maximum atomic E-state index is 11.8. The van der Waals surface area contributed by atoms with Gasteiger partial charge in [-0.3, -0.25) is 0 Å². The van der Waals surface area contributed by atoms with Gasteiger partial charge in [-0.2, -0.15) is 11.8 Å². The van der Waals surface area contributed by atoms with Crippen LogP contribution < -0.4 is 5.32 Å². The Kier molecular flexibility index (Phi) is 5.67. The van der Waals surface area contributed by atoms with Crippen molar-refractivity contribution in [2.45, 2.75) is 36.7 Å². The van der Waals surface area contributed by atoms with Crippen LogP contribution in [0.25, 0.3) is 0 Å². The number of rotatable bonds is 7. The lowest BCUT2D eigenvalue weighted by Crippen LogP contribution is -2.48. The Hall–Kier alpha value is -1.04. The van der Waals surface area contributed by atoms with Crippen LogP contribution >= 0.6 is 11.8 Å². The van der Waals surface area contributed by atoms with Crippen molar-refractivity contribution in [3.63, 3.8) is 0 Å². The van der Waals surface area contributed by atoms with Gasteiger partial charge in [0.25, 0.3) is 0 Å². The molecule has 1 saturated heterocycles. The van der Waals surface area contributed by atoms with E-state index in [-0.39, 0.29) is 6.10 Å². The summed E-state index contributed by atoms with van der Waals surface area (Å²) in [6.45, 7) is 2.90. The maximum Gasteiger partial charge on any atom is 0.328 e. The minimum atomic E-state index is -1.02. The van der Waals surface area contributed by atoms with Crippen molar-refractivity contribution in [1.82, 2.24) is 5.32 Å². The van der Waals surface area contributed by atoms with Crippen molar-refractivity contribution in [2.75, 3.05) is 19.4 Å². The molecule has 21 heavy (non-hydrogen) atoms. The Balaban J connectivity index is 2.05. The standard InChI is InChI=1S/C16H23NO3S/c1-12-14(8-10-20-12)21-11-9-16(17-2,15(18)19)13-6-4-3-5-7-13/h3-7,12,14,17H,8-11H2,1-2H3,(H,18,19). The summed E-state index contributed by atoms with van der Waals surface area (Å²) in [5.74, 6) is -0.0343. The molecule has 1 aliphatic rings. The van der Waals surface area contributed by atoms with E-state index in [0.29, 0.717) is 11.7 Å². The summed E-state index contributed by atoms with van der Waals surface area (Å²) < 4.78 is 5.55. The number of ether oxygens (including phenoxy) is 1. The van der Waals surface area contributed by atoms with Gasteiger partial charge in [-0.1, -0.05) is 30.3 Å². The first-order chi connectivity index (χ1) is 10.1. The zero-order valence-electron chi connectivity index (χ0n) is 12.5. The normalized spacial score (nSPS) is 24.7. The first-order valence-electron chi connectivity index (χ1n) is 7.31. The Bertz CT molecular complexity index is 468. The predicted octanol–water partition coefficient (Wildman–Crippen LogP) is 2.49. The number of carboxylic acids is 1. The molecular weight excluding hydrogens is 286 g/mol. The first kappa shape index (κ1) is 16.3. The highest BCUT2D eigenvalue weighted by molar-refractivity contribution is 7.99. The van der Waals surface area contributed by atoms with E-state index < -0.39 is 11.5 Å². The molecule has 0 amide bonds. The van der Waals surface area contributed by atoms with Crippen LogP contribution in [0.1, 0.15) is 25.3 Å². The monoisotopic (exact) mass is 309 g/mol. The minimum absolute atomic E-state index is 0.264. The number of nitrogens with one attached hydrogen (secondary N) is 1. The second-order valence-electron chi connectivity index (χ2n) is 5.35. The van der Waals surface area contributed by atoms with Crippen LogP contribution in [0.4, 0.5) is 0 Å². The average molecular weight is 309 g/mol. The third kappa shape index (κ3) is 3.59. The van der Waals surface area contributed by atoms with Gasteiger partial charge in [-0.25, -0.2) is 4.79 Å². The highest BCUT2D eigenvalue weighted by atomic mass is 32.2. The lowest BCUT2D eigenvalue weighted by atomic mass is 9.87. The van der Waals surface area contributed by atoms with Gasteiger partial charge < -0.3 is 15.2 Å². The number of benzene rings is 1. The SMILES string of the molecule is CNC(CCSC1CCOC1C)(C(=O)O)c1ccccc1. The van der Waals surface area contributed by atoms with E-state index in [1.165, 1.54) is 0 Å². The van der Waals surface area contributed by atoms with E-state index in [2.05, 4.69) is 12.2 Å². The molecule has 0 aromatic heterocycles. The molecule has 0 bridgehead atoms. The van der Waals surface area contributed by atoms with Gasteiger partial charge in [0.05, 0.1) is 6.10 Å². The van der Waals surface area contributed by atoms with E-state index in [1.54, 1.807) is 7.05 Å². The van der Waals surface area contributed by atoms with E-state index in [9.17, 15) is 9.90 Å². The van der Waals surface area contributed by atoms with E-state index >= 15 is 0 Å². The topological polar surface area (TPSA) is 58.6 Å². The minimum Gasteiger partial charge on any atom is -0.480 e. The molecule has 1 heterocycles. The second-order valence-corrected chi connectivity index (χ2v) is 6.70. The van der Waals surface area contributed by atoms with Crippen LogP contribution in [0.2, 0.25) is 0 Å². The van der Waals surface area contributed by atoms with Crippen LogP contribution in [-0.4, -0.2) is 41.8 Å². The largest absolute Gasteiger partial charge is 0.480 e. The van der Waals surface area contributed by atoms with Crippen molar-refractivity contribution in [2.24, 2.45) is 0 Å². The molecule has 0 spiro atoms. The van der Waals surface area contributed by atoms with Crippen LogP contribution in [-0.2, 0) is 15.1 Å². The molecule has 0 saturated carbocycles. The summed E-state index contributed by atoms with van der Waals surface area (Å²) >= 11 is 1.82. The Morgan fingerprint density at radius 1 is 1.48 bits per heavy atom. The number of likely N-dealkylation sites (N-methyl/N-ethyl adjacent to an activating group) is 1. The molecule has 0 aliphatic carbocycles. The van der Waals surface area contributed by atoms with Gasteiger partial charge in [0.1, 0.15) is 5.54 Å². The Labute approximate surface area is 130 Å². The highest BCUT2D eigenvalue weighted by Gasteiger charge is 2.38. The first-order valence-corrected chi connectivity index (χ1v) is 8.36. The number of aliphatic carboxylic acids is 1. The van der Waals surface area contributed by atoms with Gasteiger partial charge in [0, 0.05) is 11.9 Å². The van der Waals surface area contributed by atoms with Gasteiger partial charge in [0.15, 0.2) is 0 Å². The molecule has 116 valence electrons. The zero-order chi connectivity index (χ0) is 15.3. The smallest absolute Gasteiger partial charge is 0.328 e. The van der Waals surface area contributed by atoms with E-state index in [4.69, 9.17) is 4.74 Å². The molecule has 0 radical (unpaired) electrons. The van der Waals surface area contributed by atoms with Crippen molar-refractivity contribution in [3.05, 3.63) is 35.9 Å². The third-order valence-electron chi connectivity index (χ3n) is 4.17. The fourth-order valence-corrected chi connectivity index (χ4v) is 4.11. The number of hydrogen-bond acceptors (Lipinski definition) is 4. The molecule has 4 nitrogen and oxygen atoms in total. The molecule has 1 aromatic carbocycles. The molecule has 2 rings (SSSR count). The summed E-state index contributed by atoms with van der Waals surface area (Å²) in [6.07, 6.45) is 1.87. The molecule has 5 heteroatoms. The summed E-state index contributed by atoms with van der Waals surface area (Å²) in [7, 11) is 1.72. The Morgan fingerprint density at radius 2 is 2.19 bits per heavy atom. The zero-order valence-corrected chi connectivity index (χ0v) is 13.4. The molecule has 1 aliphatic heterocycles. The van der Waals surface area contributed by atoms with Gasteiger partial charge in [0.2, 0.25) is 0 Å². The quantitative estimate of drug-likeness (QED) is 0.810. The van der Waals surface area contributed by atoms with E-state index in [0.717, 1.165) is 24.3 Å². The number of carboxylic acid groups (broad SMARTS) is 1. The van der Waals surface area contributed by atoms with Crippen molar-refractivity contribution < 1.29 is 14.6 Å². The maximum absolute atomic E-state index is 11.8. The lowest BCUT2D eigenvalue weighted by molar-refractivity contribution is -0.145. The summed E-state index contributed by atoms with van der Waals surface area (Å²) in [5.41, 5.74) is -0.215. The van der Waals surface area contributed by atoms with Crippen molar-refractivity contribution >= 4 is 17.7 Å². The molecule has 3 unspecified atom stereocenters. The van der Waals surface area contributed by atoms with Crippen LogP contribution in [0.15, 0.2) is 30.3 Å². The fraction of sp³-hybridized carbons (Fsp3) is 0.562. The van der Waals surface area contributed by atoms with Crippen LogP contribution in [0, 0.1) is 0 Å². The summed E-state index contributed by atoms with van der Waals surface area (Å²) in [4.78, 5) is 11.8. The summed E-state index contributed by atoms with van der Waals surface area (Å²) in [5, 5.41) is 13.2. The van der Waals surface area contributed by atoms with Crippen molar-refractivity contribution in [1.29, 1.82) is 0 Å². The number of thioether (sulfide) groups is 1. The molecule has 3 atom stereocenters. The van der Waals surface area contributed by atoms with E-state index in [1.807, 2.05) is 42.1 Å². The fourth-order valence-electron chi connectivity index (χ4n) is 2.77. The predicted molar refractivity (Wildman–Crippen MR) is 85.7 cm³/mol. The number of carbonyl (C=O) groups is 1. The number of hydrogen-bond donors (Lipinski definition) is 2. The van der Waals surface area contributed by atoms with Crippen molar-refractivity contribution in [3.8, 4) is 0 Å². The average Bonchev–Trinajstić information content (AvgIpc) is 2.90. The van der Waals surface area contributed by atoms with Crippen LogP contribution in [0.5, 0.6) is 0 Å². The highest BCUT2D eigenvalue weighted by Crippen LogP contribution is 2.31. The van der Waals surface area contributed by atoms with Gasteiger partial charge in [-0.05, 0) is 38.1 Å². The molecule has 1 aromatic rings. The van der Waals surface area contributed by atoms with Gasteiger partial charge in [-0.15, -0.1) is 0 Å². The molecule has 2 N–H and O–H groups in total. The Morgan fingerprint density at radius 3 is 2.71 bits per heavy atom. The molecular formula is C16H23NO3S. The van der Waals surface area contributed by atoms with Crippen LogP contribution in [0.3, 0.4) is 0 Å². The van der Waals surface area contributed by atoms with Gasteiger partial charge >= 0.3 is 5.97 Å². The third-order valence-corrected chi connectivity index (χ3v) is 5.66. The second kappa shape index (κ2) is 7.29. The summed E-state index contributed by atoms with van der Waals surface area (Å²) in [6, 6.07) is 9.40. The lowest BCUT2D eigenvalue weighted by Gasteiger charge is -2.30.